The Bertz CT molecular complexity index is 1120. The molecule has 4 aromatic rings. The molecule has 2 heterocycles. The minimum absolute atomic E-state index is 0.188. The van der Waals surface area contributed by atoms with Crippen LogP contribution in [0.5, 0.6) is 0 Å². The van der Waals surface area contributed by atoms with Crippen LogP contribution >= 0.6 is 34.7 Å². The van der Waals surface area contributed by atoms with Gasteiger partial charge in [0.15, 0.2) is 4.34 Å². The zero-order chi connectivity index (χ0) is 17.4. The SMILES string of the molecule is Nc1nnc(Sc2c(-c3ccccc3)c3cc(Cl)ccc3[nH]c2=O)s1. The van der Waals surface area contributed by atoms with Gasteiger partial charge in [0, 0.05) is 21.5 Å². The number of nitrogens with two attached hydrogens (primary N) is 1. The Labute approximate surface area is 155 Å². The molecule has 0 aliphatic carbocycles. The first-order valence-electron chi connectivity index (χ1n) is 7.29. The van der Waals surface area contributed by atoms with E-state index >= 15 is 0 Å². The number of aromatic nitrogens is 3. The molecule has 3 N–H and O–H groups in total. The lowest BCUT2D eigenvalue weighted by Gasteiger charge is -2.12. The maximum Gasteiger partial charge on any atom is 0.263 e. The Morgan fingerprint density at radius 1 is 1.12 bits per heavy atom. The van der Waals surface area contributed by atoms with Crippen molar-refractivity contribution in [2.24, 2.45) is 0 Å². The van der Waals surface area contributed by atoms with Crippen LogP contribution in [0.2, 0.25) is 5.02 Å². The van der Waals surface area contributed by atoms with Gasteiger partial charge in [-0.2, -0.15) is 0 Å². The van der Waals surface area contributed by atoms with E-state index in [0.29, 0.717) is 19.4 Å². The molecule has 8 heteroatoms. The topological polar surface area (TPSA) is 84.7 Å². The number of hydrogen-bond donors (Lipinski definition) is 2. The largest absolute Gasteiger partial charge is 0.374 e. The third-order valence-corrected chi connectivity index (χ3v) is 5.74. The third-order valence-electron chi connectivity index (χ3n) is 3.61. The molecule has 0 aliphatic heterocycles. The number of hydrogen-bond acceptors (Lipinski definition) is 6. The van der Waals surface area contributed by atoms with Crippen LogP contribution in [0.1, 0.15) is 0 Å². The van der Waals surface area contributed by atoms with Gasteiger partial charge in [0.05, 0.1) is 4.90 Å². The van der Waals surface area contributed by atoms with E-state index in [4.69, 9.17) is 17.3 Å². The predicted molar refractivity (Wildman–Crippen MR) is 103 cm³/mol. The molecule has 0 saturated carbocycles. The summed E-state index contributed by atoms with van der Waals surface area (Å²) in [5.41, 5.74) is 7.95. The normalized spacial score (nSPS) is 11.1. The molecular formula is C17H11ClN4OS2. The first-order chi connectivity index (χ1) is 12.1. The number of H-pyrrole nitrogens is 1. The van der Waals surface area contributed by atoms with E-state index in [2.05, 4.69) is 15.2 Å². The first-order valence-corrected chi connectivity index (χ1v) is 9.31. The van der Waals surface area contributed by atoms with E-state index < -0.39 is 0 Å². The van der Waals surface area contributed by atoms with E-state index in [9.17, 15) is 4.79 Å². The van der Waals surface area contributed by atoms with Crippen molar-refractivity contribution in [1.29, 1.82) is 0 Å². The molecule has 0 aliphatic rings. The number of aromatic amines is 1. The van der Waals surface area contributed by atoms with Crippen LogP contribution < -0.4 is 11.3 Å². The summed E-state index contributed by atoms with van der Waals surface area (Å²) in [6.07, 6.45) is 0. The summed E-state index contributed by atoms with van der Waals surface area (Å²) in [6, 6.07) is 15.2. The molecule has 5 nitrogen and oxygen atoms in total. The summed E-state index contributed by atoms with van der Waals surface area (Å²) in [5.74, 6) is 0. The monoisotopic (exact) mass is 386 g/mol. The van der Waals surface area contributed by atoms with Gasteiger partial charge in [-0.25, -0.2) is 0 Å². The van der Waals surface area contributed by atoms with Crippen LogP contribution in [-0.2, 0) is 0 Å². The van der Waals surface area contributed by atoms with Gasteiger partial charge in [0.1, 0.15) is 0 Å². The number of rotatable bonds is 3. The number of fused-ring (bicyclic) bond motifs is 1. The van der Waals surface area contributed by atoms with Crippen molar-refractivity contribution in [2.75, 3.05) is 5.73 Å². The number of nitrogens with zero attached hydrogens (tertiary/aromatic N) is 2. The molecule has 0 bridgehead atoms. The van der Waals surface area contributed by atoms with Gasteiger partial charge in [0.25, 0.3) is 5.56 Å². The summed E-state index contributed by atoms with van der Waals surface area (Å²) < 4.78 is 0.613. The average Bonchev–Trinajstić information content (AvgIpc) is 3.02. The van der Waals surface area contributed by atoms with Crippen LogP contribution in [0.3, 0.4) is 0 Å². The maximum atomic E-state index is 12.7. The number of pyridine rings is 1. The highest BCUT2D eigenvalue weighted by Crippen LogP contribution is 2.39. The van der Waals surface area contributed by atoms with Crippen molar-refractivity contribution in [3.8, 4) is 11.1 Å². The van der Waals surface area contributed by atoms with Gasteiger partial charge in [-0.1, -0.05) is 65.0 Å². The van der Waals surface area contributed by atoms with Crippen molar-refractivity contribution in [3.05, 3.63) is 63.9 Å². The molecule has 4 rings (SSSR count). The van der Waals surface area contributed by atoms with Gasteiger partial charge in [0.2, 0.25) is 5.13 Å². The molecule has 25 heavy (non-hydrogen) atoms. The van der Waals surface area contributed by atoms with Gasteiger partial charge in [-0.3, -0.25) is 4.79 Å². The summed E-state index contributed by atoms with van der Waals surface area (Å²) in [6.45, 7) is 0. The Kier molecular flexibility index (Phi) is 4.20. The number of nitrogens with one attached hydrogen (secondary N) is 1. The van der Waals surface area contributed by atoms with Crippen LogP contribution in [-0.4, -0.2) is 15.2 Å². The Balaban J connectivity index is 2.03. The number of nitrogen functional groups attached to an aromatic ring is 1. The van der Waals surface area contributed by atoms with Crippen LogP contribution in [0.15, 0.2) is 62.6 Å². The average molecular weight is 387 g/mol. The lowest BCUT2D eigenvalue weighted by molar-refractivity contribution is 1.02. The van der Waals surface area contributed by atoms with E-state index in [-0.39, 0.29) is 5.56 Å². The van der Waals surface area contributed by atoms with Gasteiger partial charge in [-0.05, 0) is 23.8 Å². The van der Waals surface area contributed by atoms with E-state index in [1.54, 1.807) is 6.07 Å². The van der Waals surface area contributed by atoms with E-state index in [0.717, 1.165) is 22.0 Å². The van der Waals surface area contributed by atoms with E-state index in [1.165, 1.54) is 23.1 Å². The summed E-state index contributed by atoms with van der Waals surface area (Å²) in [7, 11) is 0. The smallest absolute Gasteiger partial charge is 0.263 e. The van der Waals surface area contributed by atoms with E-state index in [1.807, 2.05) is 42.5 Å². The second-order valence-corrected chi connectivity index (χ2v) is 7.93. The molecule has 0 atom stereocenters. The molecule has 2 aromatic carbocycles. The minimum atomic E-state index is -0.188. The molecule has 0 spiro atoms. The highest BCUT2D eigenvalue weighted by molar-refractivity contribution is 8.01. The Hall–Kier alpha value is -2.35. The Morgan fingerprint density at radius 2 is 1.92 bits per heavy atom. The molecule has 0 saturated heterocycles. The highest BCUT2D eigenvalue weighted by atomic mass is 35.5. The molecule has 2 aromatic heterocycles. The zero-order valence-corrected chi connectivity index (χ0v) is 15.1. The lowest BCUT2D eigenvalue weighted by atomic mass is 10.0. The second-order valence-electron chi connectivity index (χ2n) is 5.22. The Morgan fingerprint density at radius 3 is 2.64 bits per heavy atom. The highest BCUT2D eigenvalue weighted by Gasteiger charge is 2.17. The molecule has 0 amide bonds. The van der Waals surface area contributed by atoms with Gasteiger partial charge < -0.3 is 10.7 Å². The van der Waals surface area contributed by atoms with Crippen molar-refractivity contribution >= 4 is 50.7 Å². The fourth-order valence-electron chi connectivity index (χ4n) is 2.58. The summed E-state index contributed by atoms with van der Waals surface area (Å²) >= 11 is 8.70. The minimum Gasteiger partial charge on any atom is -0.374 e. The van der Waals surface area contributed by atoms with Crippen molar-refractivity contribution in [1.82, 2.24) is 15.2 Å². The predicted octanol–water partition coefficient (Wildman–Crippen LogP) is 4.43. The number of halogens is 1. The summed E-state index contributed by atoms with van der Waals surface area (Å²) in [4.78, 5) is 16.2. The second kappa shape index (κ2) is 6.51. The van der Waals surface area contributed by atoms with Crippen LogP contribution in [0.25, 0.3) is 22.0 Å². The van der Waals surface area contributed by atoms with Gasteiger partial charge >= 0.3 is 0 Å². The molecule has 0 radical (unpaired) electrons. The van der Waals surface area contributed by atoms with Crippen molar-refractivity contribution in [3.63, 3.8) is 0 Å². The molecular weight excluding hydrogens is 376 g/mol. The first kappa shape index (κ1) is 16.1. The van der Waals surface area contributed by atoms with Crippen molar-refractivity contribution in [2.45, 2.75) is 9.24 Å². The quantitative estimate of drug-likeness (QED) is 0.544. The summed E-state index contributed by atoms with van der Waals surface area (Å²) in [5, 5.41) is 9.67. The number of anilines is 1. The van der Waals surface area contributed by atoms with Crippen molar-refractivity contribution < 1.29 is 0 Å². The number of benzene rings is 2. The maximum absolute atomic E-state index is 12.7. The van der Waals surface area contributed by atoms with Gasteiger partial charge in [-0.15, -0.1) is 10.2 Å². The molecule has 0 unspecified atom stereocenters. The standard InChI is InChI=1S/C17H11ClN4OS2/c18-10-6-7-12-11(8-10)13(9-4-2-1-3-5-9)14(15(23)20-12)24-17-22-21-16(19)25-17/h1-8H,(H2,19,21)(H,20,23). The molecule has 124 valence electrons. The van der Waals surface area contributed by atoms with Crippen LogP contribution in [0, 0.1) is 0 Å². The van der Waals surface area contributed by atoms with Crippen LogP contribution in [0.4, 0.5) is 5.13 Å². The fourth-order valence-corrected chi connectivity index (χ4v) is 4.50. The lowest BCUT2D eigenvalue weighted by Crippen LogP contribution is -2.10. The third kappa shape index (κ3) is 3.13. The zero-order valence-electron chi connectivity index (χ0n) is 12.7. The fraction of sp³-hybridized carbons (Fsp3) is 0. The molecule has 0 fully saturated rings.